The Hall–Kier alpha value is -0.910. The summed E-state index contributed by atoms with van der Waals surface area (Å²) in [6.07, 6.45) is 1.80. The Balaban J connectivity index is 1.58. The molecule has 1 aromatic heterocycles. The van der Waals surface area contributed by atoms with Crippen LogP contribution in [0.3, 0.4) is 0 Å². The summed E-state index contributed by atoms with van der Waals surface area (Å²) >= 11 is 1.65. The highest BCUT2D eigenvalue weighted by Gasteiger charge is 2.35. The van der Waals surface area contributed by atoms with Crippen molar-refractivity contribution in [1.82, 2.24) is 9.80 Å². The molecule has 1 amide bonds. The zero-order valence-electron chi connectivity index (χ0n) is 13.5. The van der Waals surface area contributed by atoms with E-state index in [-0.39, 0.29) is 12.0 Å². The molecule has 122 valence electrons. The monoisotopic (exact) mass is 322 g/mol. The number of hydrogen-bond acceptors (Lipinski definition) is 4. The molecule has 0 aliphatic carbocycles. The average Bonchev–Trinajstić information content (AvgIpc) is 2.90. The SMILES string of the molecule is CC(C)N1CCO[C@H]2CN(C(=O)Cc3ccsc3)CC[C@H]2C1. The molecule has 0 N–H and O–H groups in total. The summed E-state index contributed by atoms with van der Waals surface area (Å²) in [5.41, 5.74) is 1.13. The summed E-state index contributed by atoms with van der Waals surface area (Å²) in [6, 6.07) is 2.61. The minimum absolute atomic E-state index is 0.212. The van der Waals surface area contributed by atoms with Crippen LogP contribution in [0.4, 0.5) is 0 Å². The number of rotatable bonds is 3. The Kier molecular flexibility index (Phi) is 5.16. The van der Waals surface area contributed by atoms with Gasteiger partial charge in [0.15, 0.2) is 0 Å². The number of thiophene rings is 1. The fourth-order valence-corrected chi connectivity index (χ4v) is 4.12. The Morgan fingerprint density at radius 3 is 3.00 bits per heavy atom. The number of carbonyl (C=O) groups excluding carboxylic acids is 1. The van der Waals surface area contributed by atoms with Gasteiger partial charge in [0.2, 0.25) is 5.91 Å². The van der Waals surface area contributed by atoms with Crippen LogP contribution >= 0.6 is 11.3 Å². The number of piperidine rings is 1. The normalized spacial score (nSPS) is 26.8. The molecule has 22 heavy (non-hydrogen) atoms. The zero-order chi connectivity index (χ0) is 15.5. The summed E-state index contributed by atoms with van der Waals surface area (Å²) in [7, 11) is 0. The minimum Gasteiger partial charge on any atom is -0.375 e. The molecule has 0 aromatic carbocycles. The van der Waals surface area contributed by atoms with Crippen LogP contribution in [0.1, 0.15) is 25.8 Å². The third-order valence-corrected chi connectivity index (χ3v) is 5.63. The first-order valence-corrected chi connectivity index (χ1v) is 9.22. The fraction of sp³-hybridized carbons (Fsp3) is 0.706. The molecular weight excluding hydrogens is 296 g/mol. The molecule has 1 aromatic rings. The first-order chi connectivity index (χ1) is 10.6. The molecule has 2 atom stereocenters. The van der Waals surface area contributed by atoms with E-state index in [1.165, 1.54) is 0 Å². The van der Waals surface area contributed by atoms with Crippen molar-refractivity contribution in [1.29, 1.82) is 0 Å². The van der Waals surface area contributed by atoms with Gasteiger partial charge in [0, 0.05) is 38.1 Å². The predicted molar refractivity (Wildman–Crippen MR) is 89.2 cm³/mol. The van der Waals surface area contributed by atoms with Gasteiger partial charge in [0.1, 0.15) is 0 Å². The van der Waals surface area contributed by atoms with Gasteiger partial charge < -0.3 is 9.64 Å². The van der Waals surface area contributed by atoms with Crippen LogP contribution in [0.5, 0.6) is 0 Å². The maximum atomic E-state index is 12.5. The molecule has 0 saturated carbocycles. The van der Waals surface area contributed by atoms with Crippen LogP contribution in [0.25, 0.3) is 0 Å². The summed E-state index contributed by atoms with van der Waals surface area (Å²) in [5, 5.41) is 4.09. The molecule has 2 saturated heterocycles. The molecule has 0 unspecified atom stereocenters. The van der Waals surface area contributed by atoms with Crippen molar-refractivity contribution in [3.05, 3.63) is 22.4 Å². The third-order valence-electron chi connectivity index (χ3n) is 4.89. The van der Waals surface area contributed by atoms with Gasteiger partial charge >= 0.3 is 0 Å². The van der Waals surface area contributed by atoms with E-state index in [0.29, 0.717) is 18.4 Å². The molecule has 2 fully saturated rings. The minimum atomic E-state index is 0.212. The number of nitrogens with zero attached hydrogens (tertiary/aromatic N) is 2. The molecular formula is C17H26N2O2S. The molecule has 5 heteroatoms. The highest BCUT2D eigenvalue weighted by Crippen LogP contribution is 2.25. The van der Waals surface area contributed by atoms with Gasteiger partial charge in [-0.15, -0.1) is 0 Å². The van der Waals surface area contributed by atoms with Crippen molar-refractivity contribution >= 4 is 17.2 Å². The zero-order valence-corrected chi connectivity index (χ0v) is 14.3. The maximum absolute atomic E-state index is 12.5. The molecule has 0 bridgehead atoms. The van der Waals surface area contributed by atoms with Gasteiger partial charge in [-0.25, -0.2) is 0 Å². The van der Waals surface area contributed by atoms with Gasteiger partial charge in [-0.1, -0.05) is 0 Å². The molecule has 0 radical (unpaired) electrons. The van der Waals surface area contributed by atoms with E-state index in [1.807, 2.05) is 16.3 Å². The van der Waals surface area contributed by atoms with E-state index >= 15 is 0 Å². The van der Waals surface area contributed by atoms with Crippen LogP contribution in [0.2, 0.25) is 0 Å². The van der Waals surface area contributed by atoms with Crippen LogP contribution in [-0.4, -0.2) is 60.6 Å². The Morgan fingerprint density at radius 2 is 2.27 bits per heavy atom. The van der Waals surface area contributed by atoms with Gasteiger partial charge in [-0.2, -0.15) is 11.3 Å². The summed E-state index contributed by atoms with van der Waals surface area (Å²) in [6.45, 7) is 9.03. The lowest BCUT2D eigenvalue weighted by atomic mass is 9.92. The molecule has 2 aliphatic heterocycles. The van der Waals surface area contributed by atoms with Crippen LogP contribution in [-0.2, 0) is 16.0 Å². The lowest BCUT2D eigenvalue weighted by Crippen LogP contribution is -2.49. The van der Waals surface area contributed by atoms with Crippen molar-refractivity contribution in [2.24, 2.45) is 5.92 Å². The third kappa shape index (κ3) is 3.70. The van der Waals surface area contributed by atoms with Crippen LogP contribution in [0, 0.1) is 5.92 Å². The summed E-state index contributed by atoms with van der Waals surface area (Å²) < 4.78 is 6.07. The highest BCUT2D eigenvalue weighted by molar-refractivity contribution is 7.07. The number of fused-ring (bicyclic) bond motifs is 1. The van der Waals surface area contributed by atoms with E-state index in [0.717, 1.165) is 44.8 Å². The lowest BCUT2D eigenvalue weighted by molar-refractivity contribution is -0.136. The van der Waals surface area contributed by atoms with Crippen molar-refractivity contribution in [3.8, 4) is 0 Å². The first-order valence-electron chi connectivity index (χ1n) is 8.28. The molecule has 3 heterocycles. The van der Waals surface area contributed by atoms with Crippen molar-refractivity contribution in [3.63, 3.8) is 0 Å². The number of ether oxygens (including phenoxy) is 1. The maximum Gasteiger partial charge on any atom is 0.227 e. The van der Waals surface area contributed by atoms with Crippen molar-refractivity contribution in [2.75, 3.05) is 32.8 Å². The van der Waals surface area contributed by atoms with E-state index in [4.69, 9.17) is 4.74 Å². The second kappa shape index (κ2) is 7.11. The van der Waals surface area contributed by atoms with Gasteiger partial charge in [0.05, 0.1) is 19.1 Å². The highest BCUT2D eigenvalue weighted by atomic mass is 32.1. The molecule has 3 rings (SSSR count). The van der Waals surface area contributed by atoms with E-state index < -0.39 is 0 Å². The smallest absolute Gasteiger partial charge is 0.227 e. The average molecular weight is 322 g/mol. The largest absolute Gasteiger partial charge is 0.375 e. The van der Waals surface area contributed by atoms with Crippen LogP contribution < -0.4 is 0 Å². The van der Waals surface area contributed by atoms with Crippen molar-refractivity contribution in [2.45, 2.75) is 38.8 Å². The number of amides is 1. The Morgan fingerprint density at radius 1 is 1.41 bits per heavy atom. The molecule has 2 aliphatic rings. The van der Waals surface area contributed by atoms with E-state index in [1.54, 1.807) is 11.3 Å². The second-order valence-electron chi connectivity index (χ2n) is 6.69. The Bertz CT molecular complexity index is 489. The lowest BCUT2D eigenvalue weighted by Gasteiger charge is -2.38. The standard InChI is InChI=1S/C17H26N2O2S/c1-13(2)18-6-7-21-16-11-19(5-3-15(16)10-18)17(20)9-14-4-8-22-12-14/h4,8,12-13,15-16H,3,5-7,9-11H2,1-2H3/t15-,16-/m0/s1. The number of likely N-dealkylation sites (tertiary alicyclic amines) is 1. The van der Waals surface area contributed by atoms with Gasteiger partial charge in [-0.3, -0.25) is 9.69 Å². The van der Waals surface area contributed by atoms with Gasteiger partial charge in [0.25, 0.3) is 0 Å². The molecule has 0 spiro atoms. The van der Waals surface area contributed by atoms with Crippen molar-refractivity contribution < 1.29 is 9.53 Å². The topological polar surface area (TPSA) is 32.8 Å². The second-order valence-corrected chi connectivity index (χ2v) is 7.47. The summed E-state index contributed by atoms with van der Waals surface area (Å²) in [5.74, 6) is 0.806. The van der Waals surface area contributed by atoms with E-state index in [9.17, 15) is 4.79 Å². The fourth-order valence-electron chi connectivity index (χ4n) is 3.45. The first kappa shape index (κ1) is 16.0. The Labute approximate surface area is 137 Å². The van der Waals surface area contributed by atoms with Crippen LogP contribution in [0.15, 0.2) is 16.8 Å². The predicted octanol–water partition coefficient (Wildman–Crippen LogP) is 2.25. The molecule has 4 nitrogen and oxygen atoms in total. The number of hydrogen-bond donors (Lipinski definition) is 0. The van der Waals surface area contributed by atoms with E-state index in [2.05, 4.69) is 24.1 Å². The summed E-state index contributed by atoms with van der Waals surface area (Å²) in [4.78, 5) is 17.0. The number of carbonyl (C=O) groups is 1. The quantitative estimate of drug-likeness (QED) is 0.856. The van der Waals surface area contributed by atoms with Gasteiger partial charge in [-0.05, 0) is 42.7 Å².